The van der Waals surface area contributed by atoms with Crippen LogP contribution in [-0.4, -0.2) is 35.6 Å². The molecule has 0 saturated carbocycles. The van der Waals surface area contributed by atoms with Crippen molar-refractivity contribution in [2.75, 3.05) is 19.8 Å². The van der Waals surface area contributed by atoms with Gasteiger partial charge in [0.1, 0.15) is 12.4 Å². The third-order valence-corrected chi connectivity index (χ3v) is 1.90. The summed E-state index contributed by atoms with van der Waals surface area (Å²) in [6.07, 6.45) is 5.25. The van der Waals surface area contributed by atoms with Crippen molar-refractivity contribution in [3.8, 4) is 0 Å². The number of aromatic amines is 1. The van der Waals surface area contributed by atoms with E-state index < -0.39 is 0 Å². The van der Waals surface area contributed by atoms with Crippen LogP contribution in [0, 0.1) is 0 Å². The Kier molecular flexibility index (Phi) is 5.47. The number of nitrogens with zero attached hydrogens (tertiary/aromatic N) is 1. The summed E-state index contributed by atoms with van der Waals surface area (Å²) in [4.78, 5) is 18.2. The van der Waals surface area contributed by atoms with Crippen molar-refractivity contribution in [3.05, 3.63) is 18.2 Å². The zero-order valence-electron chi connectivity index (χ0n) is 8.95. The van der Waals surface area contributed by atoms with E-state index in [0.29, 0.717) is 13.2 Å². The van der Waals surface area contributed by atoms with E-state index in [1.165, 1.54) is 0 Å². The lowest BCUT2D eigenvalue weighted by molar-refractivity contribution is -0.125. The van der Waals surface area contributed by atoms with E-state index >= 15 is 0 Å². The van der Waals surface area contributed by atoms with Gasteiger partial charge in [0, 0.05) is 32.0 Å². The molecule has 0 saturated heterocycles. The molecule has 0 fully saturated rings. The first-order valence-electron chi connectivity index (χ1n) is 5.15. The molecule has 1 aromatic heterocycles. The SMILES string of the molecule is CCOCC(=O)NCCCc1ncc[nH]1. The van der Waals surface area contributed by atoms with Gasteiger partial charge in [-0.2, -0.15) is 0 Å². The quantitative estimate of drug-likeness (QED) is 0.645. The molecule has 15 heavy (non-hydrogen) atoms. The van der Waals surface area contributed by atoms with E-state index in [9.17, 15) is 4.79 Å². The number of hydrogen-bond acceptors (Lipinski definition) is 3. The molecule has 1 aromatic rings. The summed E-state index contributed by atoms with van der Waals surface area (Å²) < 4.78 is 4.97. The fourth-order valence-corrected chi connectivity index (χ4v) is 1.16. The summed E-state index contributed by atoms with van der Waals surface area (Å²) in [6, 6.07) is 0. The number of imidazole rings is 1. The van der Waals surface area contributed by atoms with Crippen LogP contribution in [-0.2, 0) is 16.0 Å². The summed E-state index contributed by atoms with van der Waals surface area (Å²) in [6.45, 7) is 3.24. The second-order valence-corrected chi connectivity index (χ2v) is 3.13. The minimum atomic E-state index is -0.0590. The predicted octanol–water partition coefficient (Wildman–Crippen LogP) is 0.495. The van der Waals surface area contributed by atoms with Crippen molar-refractivity contribution in [1.29, 1.82) is 0 Å². The fraction of sp³-hybridized carbons (Fsp3) is 0.600. The molecule has 0 radical (unpaired) electrons. The molecule has 5 nitrogen and oxygen atoms in total. The van der Waals surface area contributed by atoms with Gasteiger partial charge in [0.25, 0.3) is 0 Å². The van der Waals surface area contributed by atoms with Crippen molar-refractivity contribution < 1.29 is 9.53 Å². The van der Waals surface area contributed by atoms with Crippen LogP contribution in [0.4, 0.5) is 0 Å². The first kappa shape index (κ1) is 11.7. The van der Waals surface area contributed by atoms with Crippen LogP contribution in [0.25, 0.3) is 0 Å². The number of amides is 1. The van der Waals surface area contributed by atoms with Crippen molar-refractivity contribution in [2.24, 2.45) is 0 Å². The molecular formula is C10H17N3O2. The summed E-state index contributed by atoms with van der Waals surface area (Å²) >= 11 is 0. The summed E-state index contributed by atoms with van der Waals surface area (Å²) in [5.74, 6) is 0.894. The molecule has 0 aromatic carbocycles. The van der Waals surface area contributed by atoms with Gasteiger partial charge in [-0.25, -0.2) is 4.98 Å². The number of aryl methyl sites for hydroxylation is 1. The summed E-state index contributed by atoms with van der Waals surface area (Å²) in [5.41, 5.74) is 0. The largest absolute Gasteiger partial charge is 0.372 e. The van der Waals surface area contributed by atoms with Gasteiger partial charge in [0.15, 0.2) is 0 Å². The maximum absolute atomic E-state index is 11.1. The van der Waals surface area contributed by atoms with E-state index in [1.54, 1.807) is 12.4 Å². The highest BCUT2D eigenvalue weighted by molar-refractivity contribution is 5.77. The van der Waals surface area contributed by atoms with Crippen LogP contribution in [0.1, 0.15) is 19.2 Å². The Hall–Kier alpha value is -1.36. The average Bonchev–Trinajstić information content (AvgIpc) is 2.74. The molecule has 84 valence electrons. The molecule has 1 rings (SSSR count). The van der Waals surface area contributed by atoms with Crippen LogP contribution in [0.15, 0.2) is 12.4 Å². The lowest BCUT2D eigenvalue weighted by atomic mass is 10.3. The first-order chi connectivity index (χ1) is 7.33. The summed E-state index contributed by atoms with van der Waals surface area (Å²) in [5, 5.41) is 2.77. The van der Waals surface area contributed by atoms with Gasteiger partial charge in [0.2, 0.25) is 5.91 Å². The Morgan fingerprint density at radius 3 is 3.20 bits per heavy atom. The Morgan fingerprint density at radius 2 is 2.53 bits per heavy atom. The molecule has 5 heteroatoms. The predicted molar refractivity (Wildman–Crippen MR) is 56.4 cm³/mol. The maximum Gasteiger partial charge on any atom is 0.245 e. The highest BCUT2D eigenvalue weighted by atomic mass is 16.5. The van der Waals surface area contributed by atoms with Gasteiger partial charge < -0.3 is 15.0 Å². The third-order valence-electron chi connectivity index (χ3n) is 1.90. The van der Waals surface area contributed by atoms with Gasteiger partial charge in [0.05, 0.1) is 0 Å². The molecule has 0 aliphatic heterocycles. The minimum absolute atomic E-state index is 0.0590. The molecule has 1 amide bonds. The number of nitrogens with one attached hydrogen (secondary N) is 2. The van der Waals surface area contributed by atoms with E-state index in [-0.39, 0.29) is 12.5 Å². The smallest absolute Gasteiger partial charge is 0.245 e. The van der Waals surface area contributed by atoms with Crippen LogP contribution in [0.3, 0.4) is 0 Å². The summed E-state index contributed by atoms with van der Waals surface area (Å²) in [7, 11) is 0. The van der Waals surface area contributed by atoms with Crippen molar-refractivity contribution in [1.82, 2.24) is 15.3 Å². The van der Waals surface area contributed by atoms with Gasteiger partial charge >= 0.3 is 0 Å². The number of carbonyl (C=O) groups is 1. The molecule has 2 N–H and O–H groups in total. The van der Waals surface area contributed by atoms with E-state index in [2.05, 4.69) is 15.3 Å². The lowest BCUT2D eigenvalue weighted by Gasteiger charge is -2.03. The van der Waals surface area contributed by atoms with E-state index in [4.69, 9.17) is 4.74 Å². The molecule has 0 unspecified atom stereocenters. The molecule has 0 bridgehead atoms. The number of aromatic nitrogens is 2. The Bertz CT molecular complexity index is 272. The molecule has 0 aliphatic rings. The molecule has 1 heterocycles. The van der Waals surface area contributed by atoms with Crippen LogP contribution >= 0.6 is 0 Å². The minimum Gasteiger partial charge on any atom is -0.372 e. The van der Waals surface area contributed by atoms with Crippen LogP contribution in [0.5, 0.6) is 0 Å². The Balaban J connectivity index is 1.99. The number of H-pyrrole nitrogens is 1. The highest BCUT2D eigenvalue weighted by Crippen LogP contribution is 1.93. The van der Waals surface area contributed by atoms with Crippen LogP contribution in [0.2, 0.25) is 0 Å². The normalized spacial score (nSPS) is 10.2. The fourth-order valence-electron chi connectivity index (χ4n) is 1.16. The van der Waals surface area contributed by atoms with Crippen LogP contribution < -0.4 is 5.32 Å². The zero-order valence-corrected chi connectivity index (χ0v) is 8.95. The van der Waals surface area contributed by atoms with E-state index in [1.807, 2.05) is 6.92 Å². The Labute approximate surface area is 89.2 Å². The standard InChI is InChI=1S/C10H17N3O2/c1-2-15-8-10(14)13-5-3-4-9-11-6-7-12-9/h6-7H,2-5,8H2,1H3,(H,11,12)(H,13,14). The number of ether oxygens (including phenoxy) is 1. The number of hydrogen-bond donors (Lipinski definition) is 2. The molecule has 0 aliphatic carbocycles. The second-order valence-electron chi connectivity index (χ2n) is 3.13. The second kappa shape index (κ2) is 7.00. The monoisotopic (exact) mass is 211 g/mol. The lowest BCUT2D eigenvalue weighted by Crippen LogP contribution is -2.28. The Morgan fingerprint density at radius 1 is 1.67 bits per heavy atom. The molecule has 0 spiro atoms. The van der Waals surface area contributed by atoms with Gasteiger partial charge in [-0.15, -0.1) is 0 Å². The van der Waals surface area contributed by atoms with Crippen molar-refractivity contribution in [3.63, 3.8) is 0 Å². The maximum atomic E-state index is 11.1. The van der Waals surface area contributed by atoms with Gasteiger partial charge in [-0.1, -0.05) is 0 Å². The van der Waals surface area contributed by atoms with Crippen molar-refractivity contribution >= 4 is 5.91 Å². The molecule has 0 atom stereocenters. The van der Waals surface area contributed by atoms with Gasteiger partial charge in [-0.3, -0.25) is 4.79 Å². The van der Waals surface area contributed by atoms with Crippen molar-refractivity contribution in [2.45, 2.75) is 19.8 Å². The number of carbonyl (C=O) groups excluding carboxylic acids is 1. The third kappa shape index (κ3) is 5.17. The highest BCUT2D eigenvalue weighted by Gasteiger charge is 1.99. The zero-order chi connectivity index (χ0) is 10.9. The average molecular weight is 211 g/mol. The van der Waals surface area contributed by atoms with E-state index in [0.717, 1.165) is 18.7 Å². The van der Waals surface area contributed by atoms with Gasteiger partial charge in [-0.05, 0) is 13.3 Å². The number of rotatable bonds is 7. The first-order valence-corrected chi connectivity index (χ1v) is 5.15. The molecular weight excluding hydrogens is 194 g/mol. The topological polar surface area (TPSA) is 67.0 Å².